The molecule has 0 spiro atoms. The van der Waals surface area contributed by atoms with Crippen LogP contribution < -0.4 is 10.1 Å². The third-order valence-corrected chi connectivity index (χ3v) is 2.82. The van der Waals surface area contributed by atoms with E-state index in [1.54, 1.807) is 6.20 Å². The molecule has 19 heavy (non-hydrogen) atoms. The lowest BCUT2D eigenvalue weighted by atomic mass is 10.1. The van der Waals surface area contributed by atoms with E-state index >= 15 is 0 Å². The van der Waals surface area contributed by atoms with Crippen LogP contribution in [-0.4, -0.2) is 11.7 Å². The summed E-state index contributed by atoms with van der Waals surface area (Å²) in [4.78, 5) is 0. The number of ether oxygens (including phenoxy) is 1. The van der Waals surface area contributed by atoms with Crippen molar-refractivity contribution >= 4 is 0 Å². The van der Waals surface area contributed by atoms with Gasteiger partial charge in [0.15, 0.2) is 5.76 Å². The molecule has 0 bridgehead atoms. The van der Waals surface area contributed by atoms with Gasteiger partial charge in [0.1, 0.15) is 12.4 Å². The lowest BCUT2D eigenvalue weighted by molar-refractivity contribution is 0.247. The van der Waals surface area contributed by atoms with Gasteiger partial charge in [0.25, 0.3) is 0 Å². The first-order valence-electron chi connectivity index (χ1n) is 6.62. The molecule has 0 aliphatic carbocycles. The summed E-state index contributed by atoms with van der Waals surface area (Å²) in [7, 11) is 0. The molecule has 102 valence electrons. The molecule has 0 unspecified atom stereocenters. The molecule has 0 atom stereocenters. The number of benzene rings is 1. The molecule has 0 saturated heterocycles. The van der Waals surface area contributed by atoms with Crippen LogP contribution in [0, 0.1) is 6.92 Å². The highest BCUT2D eigenvalue weighted by atomic mass is 16.5. The van der Waals surface area contributed by atoms with E-state index in [0.29, 0.717) is 6.61 Å². The second-order valence-electron chi connectivity index (χ2n) is 4.56. The van der Waals surface area contributed by atoms with Crippen LogP contribution in [0.4, 0.5) is 0 Å². The zero-order chi connectivity index (χ0) is 13.5. The van der Waals surface area contributed by atoms with Gasteiger partial charge in [-0.3, -0.25) is 0 Å². The minimum Gasteiger partial charge on any atom is -0.485 e. The summed E-state index contributed by atoms with van der Waals surface area (Å²) in [5.41, 5.74) is 2.41. The van der Waals surface area contributed by atoms with Crippen molar-refractivity contribution in [2.75, 3.05) is 6.54 Å². The normalized spacial score (nSPS) is 10.6. The lowest BCUT2D eigenvalue weighted by Gasteiger charge is -2.12. The van der Waals surface area contributed by atoms with Gasteiger partial charge < -0.3 is 14.6 Å². The fourth-order valence-corrected chi connectivity index (χ4v) is 1.85. The maximum absolute atomic E-state index is 5.79. The van der Waals surface area contributed by atoms with Crippen LogP contribution in [0.3, 0.4) is 0 Å². The van der Waals surface area contributed by atoms with Crippen LogP contribution in [0.1, 0.15) is 30.2 Å². The van der Waals surface area contributed by atoms with Gasteiger partial charge >= 0.3 is 0 Å². The van der Waals surface area contributed by atoms with E-state index in [0.717, 1.165) is 31.0 Å². The van der Waals surface area contributed by atoms with Gasteiger partial charge in [0, 0.05) is 18.2 Å². The molecule has 2 aromatic rings. The Bertz CT molecular complexity index is 495. The number of aryl methyl sites for hydroxylation is 1. The van der Waals surface area contributed by atoms with Gasteiger partial charge in [-0.25, -0.2) is 0 Å². The van der Waals surface area contributed by atoms with Crippen molar-refractivity contribution in [1.82, 2.24) is 10.5 Å². The molecule has 4 nitrogen and oxygen atoms in total. The summed E-state index contributed by atoms with van der Waals surface area (Å²) in [6.07, 6.45) is 2.75. The van der Waals surface area contributed by atoms with E-state index in [2.05, 4.69) is 36.5 Å². The highest BCUT2D eigenvalue weighted by Crippen LogP contribution is 2.21. The summed E-state index contributed by atoms with van der Waals surface area (Å²) in [6, 6.07) is 8.02. The van der Waals surface area contributed by atoms with Gasteiger partial charge in [0.05, 0.1) is 6.20 Å². The van der Waals surface area contributed by atoms with E-state index in [1.165, 1.54) is 11.1 Å². The smallest absolute Gasteiger partial charge is 0.174 e. The first-order valence-corrected chi connectivity index (χ1v) is 6.62. The molecule has 0 amide bonds. The standard InChI is InChI=1S/C15H20N2O2/c1-3-7-16-10-13-9-12(2)4-5-15(13)18-11-14-6-8-17-19-14/h4-6,8-9,16H,3,7,10-11H2,1-2H3. The Labute approximate surface area is 113 Å². The Kier molecular flexibility index (Phi) is 4.98. The summed E-state index contributed by atoms with van der Waals surface area (Å²) in [6.45, 7) is 6.48. The van der Waals surface area contributed by atoms with E-state index in [-0.39, 0.29) is 0 Å². The van der Waals surface area contributed by atoms with Gasteiger partial charge in [-0.05, 0) is 26.0 Å². The van der Waals surface area contributed by atoms with Gasteiger partial charge in [-0.2, -0.15) is 0 Å². The summed E-state index contributed by atoms with van der Waals surface area (Å²) in [5.74, 6) is 1.62. The van der Waals surface area contributed by atoms with E-state index in [9.17, 15) is 0 Å². The maximum Gasteiger partial charge on any atom is 0.174 e. The molecular weight excluding hydrogens is 240 g/mol. The quantitative estimate of drug-likeness (QED) is 0.777. The molecule has 0 radical (unpaired) electrons. The minimum atomic E-state index is 0.407. The molecule has 4 heteroatoms. The van der Waals surface area contributed by atoms with Crippen molar-refractivity contribution in [3.63, 3.8) is 0 Å². The topological polar surface area (TPSA) is 47.3 Å². The number of aromatic nitrogens is 1. The van der Waals surface area contributed by atoms with Crippen LogP contribution in [0.2, 0.25) is 0 Å². The van der Waals surface area contributed by atoms with Crippen LogP contribution in [0.15, 0.2) is 35.0 Å². The molecule has 1 aromatic heterocycles. The number of rotatable bonds is 7. The molecule has 1 heterocycles. The minimum absolute atomic E-state index is 0.407. The van der Waals surface area contributed by atoms with Gasteiger partial charge in [-0.15, -0.1) is 0 Å². The second-order valence-corrected chi connectivity index (χ2v) is 4.56. The van der Waals surface area contributed by atoms with Gasteiger partial charge in [0.2, 0.25) is 0 Å². The summed E-state index contributed by atoms with van der Waals surface area (Å²) >= 11 is 0. The second kappa shape index (κ2) is 6.95. The molecule has 1 aromatic carbocycles. The van der Waals surface area contributed by atoms with Crippen LogP contribution in [-0.2, 0) is 13.2 Å². The Morgan fingerprint density at radius 3 is 2.95 bits per heavy atom. The van der Waals surface area contributed by atoms with Crippen LogP contribution in [0.5, 0.6) is 5.75 Å². The van der Waals surface area contributed by atoms with E-state index in [4.69, 9.17) is 9.26 Å². The predicted molar refractivity (Wildman–Crippen MR) is 74.0 cm³/mol. The largest absolute Gasteiger partial charge is 0.485 e. The molecule has 0 fully saturated rings. The van der Waals surface area contributed by atoms with Crippen molar-refractivity contribution in [1.29, 1.82) is 0 Å². The molecule has 0 saturated carbocycles. The van der Waals surface area contributed by atoms with E-state index in [1.807, 2.05) is 12.1 Å². The maximum atomic E-state index is 5.79. The Morgan fingerprint density at radius 2 is 2.21 bits per heavy atom. The average molecular weight is 260 g/mol. The Balaban J connectivity index is 2.01. The number of hydrogen-bond donors (Lipinski definition) is 1. The highest BCUT2D eigenvalue weighted by Gasteiger charge is 2.05. The molecule has 0 aliphatic heterocycles. The van der Waals surface area contributed by atoms with Crippen LogP contribution >= 0.6 is 0 Å². The Hall–Kier alpha value is -1.81. The zero-order valence-corrected chi connectivity index (χ0v) is 11.5. The molecule has 2 rings (SSSR count). The highest BCUT2D eigenvalue weighted by molar-refractivity contribution is 5.36. The van der Waals surface area contributed by atoms with Crippen molar-refractivity contribution in [3.8, 4) is 5.75 Å². The monoisotopic (exact) mass is 260 g/mol. The average Bonchev–Trinajstić information content (AvgIpc) is 2.91. The van der Waals surface area contributed by atoms with Crippen molar-refractivity contribution in [3.05, 3.63) is 47.3 Å². The fourth-order valence-electron chi connectivity index (χ4n) is 1.85. The molecule has 0 aliphatic rings. The van der Waals surface area contributed by atoms with E-state index < -0.39 is 0 Å². The number of nitrogens with one attached hydrogen (secondary N) is 1. The third kappa shape index (κ3) is 4.10. The Morgan fingerprint density at radius 1 is 1.32 bits per heavy atom. The van der Waals surface area contributed by atoms with Gasteiger partial charge in [-0.1, -0.05) is 29.8 Å². The summed E-state index contributed by atoms with van der Waals surface area (Å²) < 4.78 is 10.8. The first-order chi connectivity index (χ1) is 9.29. The molecular formula is C15H20N2O2. The molecule has 1 N–H and O–H groups in total. The SMILES string of the molecule is CCCNCc1cc(C)ccc1OCc1ccno1. The fraction of sp³-hybridized carbons (Fsp3) is 0.400. The van der Waals surface area contributed by atoms with Crippen molar-refractivity contribution in [2.24, 2.45) is 0 Å². The lowest BCUT2D eigenvalue weighted by Crippen LogP contribution is -2.14. The first kappa shape index (κ1) is 13.6. The number of hydrogen-bond acceptors (Lipinski definition) is 4. The zero-order valence-electron chi connectivity index (χ0n) is 11.5. The van der Waals surface area contributed by atoms with Crippen LogP contribution in [0.25, 0.3) is 0 Å². The summed E-state index contributed by atoms with van der Waals surface area (Å²) in [5, 5.41) is 7.06. The third-order valence-electron chi connectivity index (χ3n) is 2.82. The van der Waals surface area contributed by atoms with Crippen molar-refractivity contribution < 1.29 is 9.26 Å². The van der Waals surface area contributed by atoms with Crippen molar-refractivity contribution in [2.45, 2.75) is 33.4 Å². The number of nitrogens with zero attached hydrogens (tertiary/aromatic N) is 1. The predicted octanol–water partition coefficient (Wildman–Crippen LogP) is 3.06.